The Labute approximate surface area is 141 Å². The molecule has 126 valence electrons. The van der Waals surface area contributed by atoms with Gasteiger partial charge in [-0.15, -0.1) is 0 Å². The van der Waals surface area contributed by atoms with E-state index in [4.69, 9.17) is 0 Å². The molecular formula is C18H23FN4O+2. The number of aromatic amines is 1. The molecule has 0 unspecified atom stereocenters. The first-order chi connectivity index (χ1) is 11.6. The molecule has 1 aromatic carbocycles. The Morgan fingerprint density at radius 2 is 2.04 bits per heavy atom. The minimum Gasteiger partial charge on any atom is -0.321 e. The number of nitrogens with one attached hydrogen (secondary N) is 3. The van der Waals surface area contributed by atoms with Crippen LogP contribution in [0.1, 0.15) is 6.92 Å². The van der Waals surface area contributed by atoms with Crippen molar-refractivity contribution in [2.45, 2.75) is 13.0 Å². The van der Waals surface area contributed by atoms with Crippen molar-refractivity contribution >= 4 is 17.4 Å². The largest absolute Gasteiger partial charge is 0.321 e. The van der Waals surface area contributed by atoms with Gasteiger partial charge in [-0.3, -0.25) is 9.69 Å². The van der Waals surface area contributed by atoms with E-state index < -0.39 is 0 Å². The topological polar surface area (TPSA) is 50.9 Å². The van der Waals surface area contributed by atoms with E-state index >= 15 is 0 Å². The molecule has 1 aromatic heterocycles. The molecule has 1 fully saturated rings. The van der Waals surface area contributed by atoms with E-state index in [1.807, 2.05) is 25.3 Å². The monoisotopic (exact) mass is 330 g/mol. The van der Waals surface area contributed by atoms with E-state index in [2.05, 4.69) is 21.3 Å². The average Bonchev–Trinajstić information content (AvgIpc) is 2.62. The molecule has 2 aromatic rings. The number of anilines is 2. The van der Waals surface area contributed by atoms with Crippen LogP contribution in [-0.4, -0.2) is 38.1 Å². The van der Waals surface area contributed by atoms with Gasteiger partial charge < -0.3 is 10.2 Å². The SMILES string of the molecule is C[C@H](C(=O)Nc1cccc(F)c1)[NH+]1CCN(c2cccc[nH+]2)CC1. The van der Waals surface area contributed by atoms with E-state index in [0.29, 0.717) is 5.69 Å². The van der Waals surface area contributed by atoms with Crippen LogP contribution in [-0.2, 0) is 4.79 Å². The van der Waals surface area contributed by atoms with Gasteiger partial charge >= 0.3 is 0 Å². The van der Waals surface area contributed by atoms with Gasteiger partial charge in [0.15, 0.2) is 6.04 Å². The summed E-state index contributed by atoms with van der Waals surface area (Å²) in [4.78, 5) is 19.2. The number of carbonyl (C=O) groups is 1. The maximum absolute atomic E-state index is 13.2. The first kappa shape index (κ1) is 16.4. The Morgan fingerprint density at radius 1 is 1.25 bits per heavy atom. The van der Waals surface area contributed by atoms with Crippen molar-refractivity contribution in [1.29, 1.82) is 0 Å². The minimum atomic E-state index is -0.347. The first-order valence-electron chi connectivity index (χ1n) is 8.26. The molecule has 1 saturated heterocycles. The maximum Gasteiger partial charge on any atom is 0.282 e. The fourth-order valence-corrected chi connectivity index (χ4v) is 3.05. The average molecular weight is 330 g/mol. The number of carbonyl (C=O) groups excluding carboxylic acids is 1. The second-order valence-corrected chi connectivity index (χ2v) is 6.11. The Kier molecular flexibility index (Phi) is 5.05. The molecule has 0 saturated carbocycles. The number of hydrogen-bond donors (Lipinski definition) is 2. The summed E-state index contributed by atoms with van der Waals surface area (Å²) < 4.78 is 13.2. The summed E-state index contributed by atoms with van der Waals surface area (Å²) in [5, 5.41) is 2.80. The Bertz CT molecular complexity index is 686. The molecule has 0 radical (unpaired) electrons. The number of piperazine rings is 1. The number of nitrogens with zero attached hydrogens (tertiary/aromatic N) is 1. The number of pyridine rings is 1. The summed E-state index contributed by atoms with van der Waals surface area (Å²) >= 11 is 0. The molecule has 3 N–H and O–H groups in total. The third-order valence-corrected chi connectivity index (χ3v) is 4.54. The van der Waals surface area contributed by atoms with Crippen molar-refractivity contribution in [3.8, 4) is 0 Å². The van der Waals surface area contributed by atoms with Crippen LogP contribution in [0, 0.1) is 5.82 Å². The number of benzene rings is 1. The van der Waals surface area contributed by atoms with Crippen LogP contribution in [0.15, 0.2) is 48.7 Å². The molecular weight excluding hydrogens is 307 g/mol. The van der Waals surface area contributed by atoms with Crippen molar-refractivity contribution in [1.82, 2.24) is 0 Å². The Hall–Kier alpha value is -2.47. The number of quaternary nitrogens is 1. The van der Waals surface area contributed by atoms with Crippen molar-refractivity contribution in [3.05, 3.63) is 54.5 Å². The highest BCUT2D eigenvalue weighted by atomic mass is 19.1. The van der Waals surface area contributed by atoms with Gasteiger partial charge in [0.25, 0.3) is 11.7 Å². The molecule has 1 amide bonds. The van der Waals surface area contributed by atoms with Gasteiger partial charge in [0.05, 0.1) is 6.20 Å². The maximum atomic E-state index is 13.2. The lowest BCUT2D eigenvalue weighted by molar-refractivity contribution is -0.914. The predicted molar refractivity (Wildman–Crippen MR) is 90.4 cm³/mol. The number of halogens is 1. The highest BCUT2D eigenvalue weighted by Crippen LogP contribution is 2.09. The zero-order valence-electron chi connectivity index (χ0n) is 13.8. The number of amides is 1. The standard InChI is InChI=1S/C18H21FN4O/c1-14(18(24)21-16-6-4-5-15(19)13-16)22-9-11-23(12-10-22)17-7-2-3-8-20-17/h2-8,13-14H,9-12H2,1H3,(H,21,24)/p+2/t14-/m1/s1. The zero-order chi connectivity index (χ0) is 16.9. The molecule has 5 nitrogen and oxygen atoms in total. The lowest BCUT2D eigenvalue weighted by atomic mass is 10.2. The lowest BCUT2D eigenvalue weighted by Gasteiger charge is -2.31. The summed E-state index contributed by atoms with van der Waals surface area (Å²) in [6, 6.07) is 11.9. The van der Waals surface area contributed by atoms with Crippen LogP contribution in [0.4, 0.5) is 15.9 Å². The summed E-state index contributed by atoms with van der Waals surface area (Å²) in [7, 11) is 0. The van der Waals surface area contributed by atoms with Gasteiger partial charge in [0.1, 0.15) is 32.0 Å². The van der Waals surface area contributed by atoms with E-state index in [1.165, 1.54) is 17.0 Å². The molecule has 2 heterocycles. The predicted octanol–water partition coefficient (Wildman–Crippen LogP) is 0.372. The van der Waals surface area contributed by atoms with Crippen LogP contribution in [0.2, 0.25) is 0 Å². The summed E-state index contributed by atoms with van der Waals surface area (Å²) in [5.41, 5.74) is 0.503. The molecule has 1 atom stereocenters. The highest BCUT2D eigenvalue weighted by Gasteiger charge is 2.32. The second kappa shape index (κ2) is 7.40. The Morgan fingerprint density at radius 3 is 2.71 bits per heavy atom. The van der Waals surface area contributed by atoms with Gasteiger partial charge in [-0.05, 0) is 31.2 Å². The number of aromatic nitrogens is 1. The third kappa shape index (κ3) is 3.89. The molecule has 1 aliphatic heterocycles. The van der Waals surface area contributed by atoms with Crippen LogP contribution in [0.5, 0.6) is 0 Å². The number of hydrogen-bond acceptors (Lipinski definition) is 2. The van der Waals surface area contributed by atoms with Crippen LogP contribution >= 0.6 is 0 Å². The van der Waals surface area contributed by atoms with Crippen molar-refractivity contribution < 1.29 is 19.1 Å². The summed E-state index contributed by atoms with van der Waals surface area (Å²) in [6.45, 7) is 5.50. The smallest absolute Gasteiger partial charge is 0.282 e. The van der Waals surface area contributed by atoms with Crippen molar-refractivity contribution in [2.24, 2.45) is 0 Å². The normalized spacial score (nSPS) is 16.7. The summed E-state index contributed by atoms with van der Waals surface area (Å²) in [5.74, 6) is 0.685. The van der Waals surface area contributed by atoms with Crippen molar-refractivity contribution in [2.75, 3.05) is 36.4 Å². The van der Waals surface area contributed by atoms with Crippen LogP contribution in [0.3, 0.4) is 0 Å². The van der Waals surface area contributed by atoms with Gasteiger partial charge in [-0.2, -0.15) is 0 Å². The molecule has 0 bridgehead atoms. The molecule has 1 aliphatic rings. The van der Waals surface area contributed by atoms with E-state index in [9.17, 15) is 9.18 Å². The van der Waals surface area contributed by atoms with E-state index in [-0.39, 0.29) is 17.8 Å². The molecule has 3 rings (SSSR count). The van der Waals surface area contributed by atoms with Gasteiger partial charge in [0, 0.05) is 11.8 Å². The van der Waals surface area contributed by atoms with Crippen LogP contribution in [0.25, 0.3) is 0 Å². The number of rotatable bonds is 4. The van der Waals surface area contributed by atoms with Crippen molar-refractivity contribution in [3.63, 3.8) is 0 Å². The fourth-order valence-electron chi connectivity index (χ4n) is 3.05. The lowest BCUT2D eigenvalue weighted by Crippen LogP contribution is -3.19. The fraction of sp³-hybridized carbons (Fsp3) is 0.333. The second-order valence-electron chi connectivity index (χ2n) is 6.11. The highest BCUT2D eigenvalue weighted by molar-refractivity contribution is 5.93. The molecule has 0 spiro atoms. The number of H-pyrrole nitrogens is 1. The quantitative estimate of drug-likeness (QED) is 0.851. The van der Waals surface area contributed by atoms with Gasteiger partial charge in [-0.1, -0.05) is 12.1 Å². The first-order valence-corrected chi connectivity index (χ1v) is 8.26. The third-order valence-electron chi connectivity index (χ3n) is 4.54. The Balaban J connectivity index is 1.55. The minimum absolute atomic E-state index is 0.0738. The zero-order valence-corrected chi connectivity index (χ0v) is 13.8. The van der Waals surface area contributed by atoms with Crippen LogP contribution < -0.4 is 20.1 Å². The van der Waals surface area contributed by atoms with Gasteiger partial charge in [0.2, 0.25) is 0 Å². The molecule has 24 heavy (non-hydrogen) atoms. The molecule has 0 aliphatic carbocycles. The van der Waals surface area contributed by atoms with Gasteiger partial charge in [-0.25, -0.2) is 9.37 Å². The summed E-state index contributed by atoms with van der Waals surface area (Å²) in [6.07, 6.45) is 1.92. The van der Waals surface area contributed by atoms with E-state index in [1.54, 1.807) is 12.1 Å². The van der Waals surface area contributed by atoms with E-state index in [0.717, 1.165) is 32.0 Å². The molecule has 6 heteroatoms.